The van der Waals surface area contributed by atoms with E-state index < -0.39 is 27.0 Å². The van der Waals surface area contributed by atoms with Crippen molar-refractivity contribution >= 4 is 21.7 Å². The van der Waals surface area contributed by atoms with Crippen LogP contribution in [0.3, 0.4) is 0 Å². The van der Waals surface area contributed by atoms with Crippen LogP contribution in [0.1, 0.15) is 18.4 Å². The minimum absolute atomic E-state index is 0.184. The summed E-state index contributed by atoms with van der Waals surface area (Å²) < 4.78 is 31.0. The van der Waals surface area contributed by atoms with Crippen LogP contribution in [0.5, 0.6) is 0 Å². The predicted molar refractivity (Wildman–Crippen MR) is 76.8 cm³/mol. The van der Waals surface area contributed by atoms with Gasteiger partial charge >= 0.3 is 5.97 Å². The van der Waals surface area contributed by atoms with Crippen molar-refractivity contribution in [2.24, 2.45) is 0 Å². The van der Waals surface area contributed by atoms with Gasteiger partial charge in [-0.3, -0.25) is 14.9 Å². The molecule has 0 amide bonds. The molecule has 120 valence electrons. The molecule has 0 saturated carbocycles. The topological polar surface area (TPSA) is 107 Å². The van der Waals surface area contributed by atoms with E-state index in [1.807, 2.05) is 0 Å². The van der Waals surface area contributed by atoms with E-state index >= 15 is 0 Å². The van der Waals surface area contributed by atoms with E-state index in [0.29, 0.717) is 18.4 Å². The van der Waals surface area contributed by atoms with Crippen LogP contribution >= 0.6 is 0 Å². The van der Waals surface area contributed by atoms with Gasteiger partial charge in [0.15, 0.2) is 0 Å². The van der Waals surface area contributed by atoms with Crippen molar-refractivity contribution in [1.82, 2.24) is 4.31 Å². The van der Waals surface area contributed by atoms with Crippen molar-refractivity contribution < 1.29 is 22.9 Å². The van der Waals surface area contributed by atoms with Gasteiger partial charge < -0.3 is 4.74 Å². The molecule has 1 heterocycles. The predicted octanol–water partition coefficient (Wildman–Crippen LogP) is 1.23. The van der Waals surface area contributed by atoms with Crippen LogP contribution in [-0.4, -0.2) is 43.3 Å². The number of methoxy groups -OCH3 is 1. The van der Waals surface area contributed by atoms with Crippen molar-refractivity contribution in [3.63, 3.8) is 0 Å². The summed E-state index contributed by atoms with van der Waals surface area (Å²) in [6, 6.07) is 2.84. The summed E-state index contributed by atoms with van der Waals surface area (Å²) in [5.74, 6) is -0.623. The highest BCUT2D eigenvalue weighted by Crippen LogP contribution is 2.29. The minimum Gasteiger partial charge on any atom is -0.468 e. The smallest absolute Gasteiger partial charge is 0.324 e. The number of benzene rings is 1. The van der Waals surface area contributed by atoms with E-state index in [2.05, 4.69) is 4.74 Å². The van der Waals surface area contributed by atoms with Crippen molar-refractivity contribution in [2.45, 2.75) is 30.7 Å². The fourth-order valence-corrected chi connectivity index (χ4v) is 4.15. The lowest BCUT2D eigenvalue weighted by Gasteiger charge is -2.22. The highest BCUT2D eigenvalue weighted by atomic mass is 32.2. The first kappa shape index (κ1) is 16.4. The fourth-order valence-electron chi connectivity index (χ4n) is 2.48. The molecule has 1 aromatic carbocycles. The normalized spacial score (nSPS) is 19.1. The molecule has 1 aromatic rings. The third kappa shape index (κ3) is 2.81. The van der Waals surface area contributed by atoms with Gasteiger partial charge in [0.05, 0.1) is 16.9 Å². The maximum atomic E-state index is 12.6. The lowest BCUT2D eigenvalue weighted by molar-refractivity contribution is -0.385. The molecule has 9 heteroatoms. The molecule has 0 N–H and O–H groups in total. The van der Waals surface area contributed by atoms with Crippen LogP contribution in [0.2, 0.25) is 0 Å². The maximum Gasteiger partial charge on any atom is 0.324 e. The summed E-state index contributed by atoms with van der Waals surface area (Å²) in [5.41, 5.74) is 0.102. The number of hydrogen-bond donors (Lipinski definition) is 0. The Labute approximate surface area is 127 Å². The zero-order chi connectivity index (χ0) is 16.5. The molecule has 1 saturated heterocycles. The number of hydrogen-bond acceptors (Lipinski definition) is 6. The average molecular weight is 328 g/mol. The van der Waals surface area contributed by atoms with Gasteiger partial charge in [0, 0.05) is 18.2 Å². The minimum atomic E-state index is -3.99. The number of nitro benzene ring substituents is 1. The molecule has 0 aliphatic carbocycles. The van der Waals surface area contributed by atoms with E-state index in [-0.39, 0.29) is 17.1 Å². The molecule has 22 heavy (non-hydrogen) atoms. The summed E-state index contributed by atoms with van der Waals surface area (Å²) in [6.07, 6.45) is 0.910. The number of aryl methyl sites for hydroxylation is 1. The second-order valence-electron chi connectivity index (χ2n) is 5.00. The van der Waals surface area contributed by atoms with Crippen molar-refractivity contribution in [3.8, 4) is 0 Å². The zero-order valence-corrected chi connectivity index (χ0v) is 13.0. The van der Waals surface area contributed by atoms with Crippen LogP contribution in [-0.2, 0) is 19.6 Å². The Hall–Kier alpha value is -2.00. The number of nitro groups is 1. The largest absolute Gasteiger partial charge is 0.468 e. The number of nitrogens with zero attached hydrogens (tertiary/aromatic N) is 2. The Morgan fingerprint density at radius 1 is 1.45 bits per heavy atom. The maximum absolute atomic E-state index is 12.6. The van der Waals surface area contributed by atoms with Gasteiger partial charge in [-0.05, 0) is 25.8 Å². The summed E-state index contributed by atoms with van der Waals surface area (Å²) in [5, 5.41) is 11.0. The molecule has 0 bridgehead atoms. The second-order valence-corrected chi connectivity index (χ2v) is 6.89. The molecule has 0 spiro atoms. The molecule has 0 unspecified atom stereocenters. The van der Waals surface area contributed by atoms with Crippen LogP contribution in [0, 0.1) is 17.0 Å². The molecule has 1 atom stereocenters. The van der Waals surface area contributed by atoms with Crippen molar-refractivity contribution in [1.29, 1.82) is 0 Å². The summed E-state index contributed by atoms with van der Waals surface area (Å²) in [7, 11) is -2.79. The third-order valence-electron chi connectivity index (χ3n) is 3.66. The molecular weight excluding hydrogens is 312 g/mol. The lowest BCUT2D eigenvalue weighted by Crippen LogP contribution is -2.41. The Kier molecular flexibility index (Phi) is 4.47. The number of rotatable bonds is 4. The van der Waals surface area contributed by atoms with Crippen LogP contribution in [0.4, 0.5) is 5.69 Å². The average Bonchev–Trinajstić information content (AvgIpc) is 2.96. The van der Waals surface area contributed by atoms with Gasteiger partial charge in [0.1, 0.15) is 6.04 Å². The first-order valence-corrected chi connectivity index (χ1v) is 8.07. The molecule has 8 nitrogen and oxygen atoms in total. The van der Waals surface area contributed by atoms with Gasteiger partial charge in [-0.1, -0.05) is 6.07 Å². The van der Waals surface area contributed by atoms with Crippen molar-refractivity contribution in [3.05, 3.63) is 33.9 Å². The molecule has 0 aromatic heterocycles. The molecule has 1 aliphatic rings. The molecule has 1 aliphatic heterocycles. The van der Waals surface area contributed by atoms with Gasteiger partial charge in [-0.25, -0.2) is 8.42 Å². The number of sulfonamides is 1. The lowest BCUT2D eigenvalue weighted by atomic mass is 10.2. The highest BCUT2D eigenvalue weighted by molar-refractivity contribution is 7.89. The third-order valence-corrected chi connectivity index (χ3v) is 5.57. The summed E-state index contributed by atoms with van der Waals surface area (Å²) >= 11 is 0. The van der Waals surface area contributed by atoms with Gasteiger partial charge in [0.2, 0.25) is 10.0 Å². The number of ether oxygens (including phenoxy) is 1. The zero-order valence-electron chi connectivity index (χ0n) is 12.2. The summed E-state index contributed by atoms with van der Waals surface area (Å²) in [4.78, 5) is 21.8. The van der Waals surface area contributed by atoms with E-state index in [0.717, 1.165) is 10.4 Å². The monoisotopic (exact) mass is 328 g/mol. The number of carbonyl (C=O) groups excluding carboxylic acids is 1. The van der Waals surface area contributed by atoms with E-state index in [1.165, 1.54) is 26.2 Å². The Morgan fingerprint density at radius 2 is 2.14 bits per heavy atom. The van der Waals surface area contributed by atoms with Crippen LogP contribution < -0.4 is 0 Å². The number of carbonyl (C=O) groups is 1. The van der Waals surface area contributed by atoms with Crippen LogP contribution in [0.25, 0.3) is 0 Å². The molecule has 2 rings (SSSR count). The first-order valence-electron chi connectivity index (χ1n) is 6.63. The molecular formula is C13H16N2O6S. The Morgan fingerprint density at radius 3 is 2.73 bits per heavy atom. The molecule has 1 fully saturated rings. The van der Waals surface area contributed by atoms with Gasteiger partial charge in [-0.2, -0.15) is 4.31 Å². The Balaban J connectivity index is 2.44. The number of esters is 1. The summed E-state index contributed by atoms with van der Waals surface area (Å²) in [6.45, 7) is 1.71. The molecule has 0 radical (unpaired) electrons. The second kappa shape index (κ2) is 6.01. The van der Waals surface area contributed by atoms with Gasteiger partial charge in [-0.15, -0.1) is 0 Å². The van der Waals surface area contributed by atoms with Gasteiger partial charge in [0.25, 0.3) is 5.69 Å². The van der Waals surface area contributed by atoms with Crippen LogP contribution in [0.15, 0.2) is 23.1 Å². The highest BCUT2D eigenvalue weighted by Gasteiger charge is 2.40. The fraction of sp³-hybridized carbons (Fsp3) is 0.462. The first-order chi connectivity index (χ1) is 10.3. The quantitative estimate of drug-likeness (QED) is 0.467. The SMILES string of the molecule is COC(=O)[C@H]1CCCN1S(=O)(=O)c1ccc(C)c([N+](=O)[O-])c1. The standard InChI is InChI=1S/C13H16N2O6S/c1-9-5-6-10(8-12(9)15(17)18)22(19,20)14-7-3-4-11(14)13(16)21-2/h5-6,8,11H,3-4,7H2,1-2H3/t11-/m1/s1. The van der Waals surface area contributed by atoms with E-state index in [4.69, 9.17) is 0 Å². The van der Waals surface area contributed by atoms with E-state index in [1.54, 1.807) is 0 Å². The van der Waals surface area contributed by atoms with Crippen molar-refractivity contribution in [2.75, 3.05) is 13.7 Å². The van der Waals surface area contributed by atoms with E-state index in [9.17, 15) is 23.3 Å². The Bertz CT molecular complexity index is 715.